The van der Waals surface area contributed by atoms with E-state index in [0.717, 1.165) is 28.9 Å². The van der Waals surface area contributed by atoms with Crippen LogP contribution in [0.25, 0.3) is 10.8 Å². The summed E-state index contributed by atoms with van der Waals surface area (Å²) >= 11 is 0. The van der Waals surface area contributed by atoms with Gasteiger partial charge in [-0.15, -0.1) is 0 Å². The van der Waals surface area contributed by atoms with Gasteiger partial charge in [0.2, 0.25) is 0 Å². The van der Waals surface area contributed by atoms with E-state index in [0.29, 0.717) is 32.7 Å². The van der Waals surface area contributed by atoms with Crippen molar-refractivity contribution in [2.75, 3.05) is 26.8 Å². The van der Waals surface area contributed by atoms with Crippen LogP contribution in [0.4, 0.5) is 4.79 Å². The SMILES string of the molecule is COc1ccc(CC(=O)OCCc2ccc(C3CCN(C(=O)OC(C)(C)C)CC3OCc3ccc4ccccc4c3)cc2)cc1. The summed E-state index contributed by atoms with van der Waals surface area (Å²) in [7, 11) is 1.62. The molecule has 0 bridgehead atoms. The van der Waals surface area contributed by atoms with Gasteiger partial charge in [-0.05, 0) is 78.4 Å². The first kappa shape index (κ1) is 32.0. The predicted octanol–water partition coefficient (Wildman–Crippen LogP) is 7.49. The van der Waals surface area contributed by atoms with Crippen LogP contribution in [0.5, 0.6) is 5.75 Å². The Balaban J connectivity index is 1.20. The molecule has 45 heavy (non-hydrogen) atoms. The Labute approximate surface area is 266 Å². The Kier molecular flexibility index (Phi) is 10.4. The third-order valence-corrected chi connectivity index (χ3v) is 8.06. The number of amides is 1. The number of rotatable bonds is 10. The van der Waals surface area contributed by atoms with E-state index in [1.807, 2.05) is 57.2 Å². The van der Waals surface area contributed by atoms with Gasteiger partial charge in [-0.2, -0.15) is 0 Å². The van der Waals surface area contributed by atoms with Crippen molar-refractivity contribution in [2.24, 2.45) is 0 Å². The van der Waals surface area contributed by atoms with E-state index in [-0.39, 0.29) is 30.5 Å². The summed E-state index contributed by atoms with van der Waals surface area (Å²) in [5.41, 5.74) is 3.69. The first-order chi connectivity index (χ1) is 21.7. The van der Waals surface area contributed by atoms with Crippen LogP contribution in [0.3, 0.4) is 0 Å². The van der Waals surface area contributed by atoms with Crippen molar-refractivity contribution in [2.45, 2.75) is 64.3 Å². The molecule has 5 rings (SSSR count). The first-order valence-electron chi connectivity index (χ1n) is 15.6. The smallest absolute Gasteiger partial charge is 0.410 e. The highest BCUT2D eigenvalue weighted by Gasteiger charge is 2.35. The number of hydrogen-bond donors (Lipinski definition) is 0. The average Bonchev–Trinajstić information content (AvgIpc) is 3.03. The molecule has 7 nitrogen and oxygen atoms in total. The van der Waals surface area contributed by atoms with E-state index < -0.39 is 5.60 Å². The lowest BCUT2D eigenvalue weighted by molar-refractivity contribution is -0.142. The van der Waals surface area contributed by atoms with Gasteiger partial charge in [0.1, 0.15) is 11.4 Å². The van der Waals surface area contributed by atoms with Gasteiger partial charge in [-0.3, -0.25) is 4.79 Å². The Morgan fingerprint density at radius 2 is 1.53 bits per heavy atom. The molecule has 4 aromatic carbocycles. The number of nitrogens with zero attached hydrogens (tertiary/aromatic N) is 1. The van der Waals surface area contributed by atoms with Gasteiger partial charge in [0.05, 0.1) is 39.4 Å². The van der Waals surface area contributed by atoms with Gasteiger partial charge in [0.15, 0.2) is 0 Å². The third kappa shape index (κ3) is 9.08. The van der Waals surface area contributed by atoms with Gasteiger partial charge in [0, 0.05) is 18.9 Å². The average molecular weight is 610 g/mol. The first-order valence-corrected chi connectivity index (χ1v) is 15.6. The maximum absolute atomic E-state index is 13.0. The Bertz CT molecular complexity index is 1570. The molecule has 0 aromatic heterocycles. The van der Waals surface area contributed by atoms with Crippen LogP contribution in [-0.4, -0.2) is 55.5 Å². The molecule has 1 aliphatic heterocycles. The fourth-order valence-corrected chi connectivity index (χ4v) is 5.67. The maximum atomic E-state index is 13.0. The lowest BCUT2D eigenvalue weighted by Crippen LogP contribution is -2.48. The van der Waals surface area contributed by atoms with E-state index in [4.69, 9.17) is 18.9 Å². The minimum absolute atomic E-state index is 0.125. The zero-order valence-corrected chi connectivity index (χ0v) is 26.7. The summed E-state index contributed by atoms with van der Waals surface area (Å²) in [6, 6.07) is 30.5. The molecule has 1 aliphatic rings. The van der Waals surface area contributed by atoms with E-state index in [9.17, 15) is 9.59 Å². The molecule has 7 heteroatoms. The number of benzene rings is 4. The van der Waals surface area contributed by atoms with Crippen LogP contribution >= 0.6 is 0 Å². The molecule has 2 atom stereocenters. The van der Waals surface area contributed by atoms with Crippen molar-refractivity contribution in [1.29, 1.82) is 0 Å². The lowest BCUT2D eigenvalue weighted by atomic mass is 9.86. The molecular weight excluding hydrogens is 566 g/mol. The van der Waals surface area contributed by atoms with Gasteiger partial charge < -0.3 is 23.8 Å². The minimum atomic E-state index is -0.560. The molecule has 236 valence electrons. The molecule has 0 N–H and O–H groups in total. The Hall–Kier alpha value is -4.36. The minimum Gasteiger partial charge on any atom is -0.497 e. The largest absolute Gasteiger partial charge is 0.497 e. The molecule has 4 aromatic rings. The zero-order valence-electron chi connectivity index (χ0n) is 26.7. The number of fused-ring (bicyclic) bond motifs is 1. The number of carbonyl (C=O) groups is 2. The number of likely N-dealkylation sites (tertiary alicyclic amines) is 1. The lowest BCUT2D eigenvalue weighted by Gasteiger charge is -2.39. The quantitative estimate of drug-likeness (QED) is 0.174. The fourth-order valence-electron chi connectivity index (χ4n) is 5.67. The highest BCUT2D eigenvalue weighted by Crippen LogP contribution is 2.32. The zero-order chi connectivity index (χ0) is 31.8. The topological polar surface area (TPSA) is 74.3 Å². The van der Waals surface area contributed by atoms with Crippen molar-refractivity contribution in [3.05, 3.63) is 113 Å². The van der Waals surface area contributed by atoms with Crippen LogP contribution in [0, 0.1) is 0 Å². The molecular formula is C38H43NO6. The molecule has 0 spiro atoms. The van der Waals surface area contributed by atoms with Crippen molar-refractivity contribution >= 4 is 22.8 Å². The van der Waals surface area contributed by atoms with Crippen LogP contribution in [0.15, 0.2) is 91.0 Å². The normalized spacial score (nSPS) is 16.8. The highest BCUT2D eigenvalue weighted by molar-refractivity contribution is 5.83. The van der Waals surface area contributed by atoms with Crippen molar-refractivity contribution in [3.63, 3.8) is 0 Å². The van der Waals surface area contributed by atoms with E-state index >= 15 is 0 Å². The second-order valence-electron chi connectivity index (χ2n) is 12.6. The van der Waals surface area contributed by atoms with Gasteiger partial charge in [-0.1, -0.05) is 72.8 Å². The number of ether oxygens (including phenoxy) is 4. The molecule has 1 fully saturated rings. The van der Waals surface area contributed by atoms with E-state index in [1.54, 1.807) is 12.0 Å². The summed E-state index contributed by atoms with van der Waals surface area (Å²) in [4.78, 5) is 27.0. The molecule has 1 saturated heterocycles. The molecule has 0 aliphatic carbocycles. The predicted molar refractivity (Wildman–Crippen MR) is 175 cm³/mol. The van der Waals surface area contributed by atoms with Gasteiger partial charge >= 0.3 is 12.1 Å². The molecule has 2 unspecified atom stereocenters. The fraction of sp³-hybridized carbons (Fsp3) is 0.368. The number of esters is 1. The maximum Gasteiger partial charge on any atom is 0.410 e. The number of hydrogen-bond acceptors (Lipinski definition) is 6. The second-order valence-corrected chi connectivity index (χ2v) is 12.6. The molecule has 0 radical (unpaired) electrons. The van der Waals surface area contributed by atoms with Crippen LogP contribution in [-0.2, 0) is 38.5 Å². The standard InChI is InChI=1S/C38H43NO6/c1-38(2,3)45-37(41)39-21-19-34(35(25-39)44-26-29-11-14-30-7-5-6-8-32(30)23-29)31-15-9-27(10-16-31)20-22-43-36(40)24-28-12-17-33(42-4)18-13-28/h5-18,23,34-35H,19-22,24-26H2,1-4H3. The summed E-state index contributed by atoms with van der Waals surface area (Å²) in [6.45, 7) is 7.48. The van der Waals surface area contributed by atoms with Crippen LogP contribution in [0.2, 0.25) is 0 Å². The number of piperidine rings is 1. The third-order valence-electron chi connectivity index (χ3n) is 8.06. The van der Waals surface area contributed by atoms with Crippen LogP contribution in [0.1, 0.15) is 55.4 Å². The van der Waals surface area contributed by atoms with Gasteiger partial charge in [0.25, 0.3) is 0 Å². The molecule has 0 saturated carbocycles. The molecule has 1 amide bonds. The monoisotopic (exact) mass is 609 g/mol. The van der Waals surface area contributed by atoms with E-state index in [1.165, 1.54) is 16.3 Å². The summed E-state index contributed by atoms with van der Waals surface area (Å²) in [5.74, 6) is 0.632. The summed E-state index contributed by atoms with van der Waals surface area (Å²) in [5, 5.41) is 2.37. The second kappa shape index (κ2) is 14.6. The van der Waals surface area contributed by atoms with Crippen molar-refractivity contribution in [3.8, 4) is 5.75 Å². The van der Waals surface area contributed by atoms with Gasteiger partial charge in [-0.25, -0.2) is 4.79 Å². The van der Waals surface area contributed by atoms with Crippen molar-refractivity contribution < 1.29 is 28.5 Å². The Morgan fingerprint density at radius 3 is 2.24 bits per heavy atom. The highest BCUT2D eigenvalue weighted by atomic mass is 16.6. The number of carbonyl (C=O) groups excluding carboxylic acids is 2. The Morgan fingerprint density at radius 1 is 0.844 bits per heavy atom. The van der Waals surface area contributed by atoms with Crippen molar-refractivity contribution in [1.82, 2.24) is 4.90 Å². The number of methoxy groups -OCH3 is 1. The summed E-state index contributed by atoms with van der Waals surface area (Å²) < 4.78 is 22.9. The summed E-state index contributed by atoms with van der Waals surface area (Å²) in [6.07, 6.45) is 1.13. The van der Waals surface area contributed by atoms with E-state index in [2.05, 4.69) is 54.6 Å². The molecule has 1 heterocycles. The van der Waals surface area contributed by atoms with Crippen LogP contribution < -0.4 is 4.74 Å².